The predicted octanol–water partition coefficient (Wildman–Crippen LogP) is 1.45. The second-order valence-corrected chi connectivity index (χ2v) is 5.76. The van der Waals surface area contributed by atoms with Crippen molar-refractivity contribution in [2.75, 3.05) is 7.11 Å². The Morgan fingerprint density at radius 3 is 2.67 bits per heavy atom. The van der Waals surface area contributed by atoms with Gasteiger partial charge in [0.2, 0.25) is 5.88 Å². The van der Waals surface area contributed by atoms with Crippen molar-refractivity contribution in [1.29, 1.82) is 0 Å². The Morgan fingerprint density at radius 1 is 1.50 bits per heavy atom. The summed E-state index contributed by atoms with van der Waals surface area (Å²) in [5.74, 6) is -0.673. The van der Waals surface area contributed by atoms with Gasteiger partial charge in [-0.2, -0.15) is 0 Å². The second kappa shape index (κ2) is 6.49. The van der Waals surface area contributed by atoms with Gasteiger partial charge in [-0.1, -0.05) is 19.9 Å². The van der Waals surface area contributed by atoms with Crippen LogP contribution >= 0.6 is 0 Å². The van der Waals surface area contributed by atoms with Crippen LogP contribution in [0.25, 0.3) is 0 Å². The molecule has 0 amide bonds. The van der Waals surface area contributed by atoms with Crippen LogP contribution in [0.15, 0.2) is 18.2 Å². The van der Waals surface area contributed by atoms with Gasteiger partial charge in [-0.15, -0.1) is 0 Å². The SMILES string of the molecule is COc1cccc(CS(=O)C(C(=O)O)C(C)C)n1. The highest BCUT2D eigenvalue weighted by Crippen LogP contribution is 2.15. The molecule has 0 aliphatic rings. The van der Waals surface area contributed by atoms with Crippen LogP contribution < -0.4 is 4.74 Å². The molecule has 0 aliphatic carbocycles. The fraction of sp³-hybridized carbons (Fsp3) is 0.500. The molecule has 0 fully saturated rings. The Labute approximate surface area is 109 Å². The number of carboxylic acids is 1. The molecule has 0 spiro atoms. The summed E-state index contributed by atoms with van der Waals surface area (Å²) in [4.78, 5) is 15.2. The van der Waals surface area contributed by atoms with Crippen LogP contribution in [0.1, 0.15) is 19.5 Å². The molecule has 1 rings (SSSR count). The number of ether oxygens (including phenoxy) is 1. The molecule has 0 saturated carbocycles. The third-order valence-electron chi connectivity index (χ3n) is 2.41. The topological polar surface area (TPSA) is 76.5 Å². The average molecular weight is 271 g/mol. The maximum atomic E-state index is 12.0. The molecule has 0 saturated heterocycles. The van der Waals surface area contributed by atoms with E-state index in [1.807, 2.05) is 0 Å². The molecule has 2 unspecified atom stereocenters. The number of rotatable bonds is 6. The lowest BCUT2D eigenvalue weighted by Crippen LogP contribution is -2.31. The smallest absolute Gasteiger partial charge is 0.319 e. The zero-order valence-electron chi connectivity index (χ0n) is 10.6. The molecule has 0 radical (unpaired) electrons. The Kier molecular flexibility index (Phi) is 5.27. The number of carbonyl (C=O) groups is 1. The van der Waals surface area contributed by atoms with Crippen LogP contribution in [0.2, 0.25) is 0 Å². The minimum absolute atomic E-state index is 0.117. The van der Waals surface area contributed by atoms with Gasteiger partial charge in [-0.3, -0.25) is 9.00 Å². The largest absolute Gasteiger partial charge is 0.481 e. The van der Waals surface area contributed by atoms with Crippen molar-refractivity contribution in [3.63, 3.8) is 0 Å². The first kappa shape index (κ1) is 14.6. The van der Waals surface area contributed by atoms with Gasteiger partial charge in [0, 0.05) is 16.9 Å². The molecule has 2 atom stereocenters. The van der Waals surface area contributed by atoms with Crippen molar-refractivity contribution in [3.8, 4) is 5.88 Å². The van der Waals surface area contributed by atoms with Gasteiger partial charge in [0.25, 0.3) is 0 Å². The van der Waals surface area contributed by atoms with Gasteiger partial charge in [0.1, 0.15) is 5.25 Å². The summed E-state index contributed by atoms with van der Waals surface area (Å²) in [6, 6.07) is 5.13. The van der Waals surface area contributed by atoms with Crippen LogP contribution in [0.3, 0.4) is 0 Å². The van der Waals surface area contributed by atoms with Gasteiger partial charge in [-0.05, 0) is 12.0 Å². The van der Waals surface area contributed by atoms with Crippen LogP contribution in [0.4, 0.5) is 0 Å². The number of hydrogen-bond acceptors (Lipinski definition) is 4. The van der Waals surface area contributed by atoms with Crippen molar-refractivity contribution >= 4 is 16.8 Å². The third kappa shape index (κ3) is 3.80. The van der Waals surface area contributed by atoms with E-state index in [9.17, 15) is 9.00 Å². The zero-order chi connectivity index (χ0) is 13.7. The molecular formula is C12H17NO4S. The highest BCUT2D eigenvalue weighted by atomic mass is 32.2. The second-order valence-electron chi connectivity index (χ2n) is 4.20. The van der Waals surface area contributed by atoms with Crippen LogP contribution in [-0.2, 0) is 21.3 Å². The van der Waals surface area contributed by atoms with Gasteiger partial charge in [-0.25, -0.2) is 4.98 Å². The van der Waals surface area contributed by atoms with E-state index in [0.29, 0.717) is 11.6 Å². The summed E-state index contributed by atoms with van der Waals surface area (Å²) < 4.78 is 17.0. The number of nitrogens with zero attached hydrogens (tertiary/aromatic N) is 1. The average Bonchev–Trinajstić information content (AvgIpc) is 2.28. The lowest BCUT2D eigenvalue weighted by atomic mass is 10.1. The predicted molar refractivity (Wildman–Crippen MR) is 68.9 cm³/mol. The number of pyridine rings is 1. The first-order valence-corrected chi connectivity index (χ1v) is 6.93. The van der Waals surface area contributed by atoms with Crippen molar-refractivity contribution in [1.82, 2.24) is 4.98 Å². The van der Waals surface area contributed by atoms with E-state index in [2.05, 4.69) is 4.98 Å². The molecule has 0 aliphatic heterocycles. The fourth-order valence-corrected chi connectivity index (χ4v) is 3.05. The minimum atomic E-state index is -1.50. The normalized spacial score (nSPS) is 14.2. The number of hydrogen-bond donors (Lipinski definition) is 1. The van der Waals surface area contributed by atoms with E-state index < -0.39 is 22.0 Å². The van der Waals surface area contributed by atoms with Gasteiger partial charge in [0.05, 0.1) is 18.6 Å². The van der Waals surface area contributed by atoms with Crippen molar-refractivity contribution in [2.24, 2.45) is 5.92 Å². The first-order chi connectivity index (χ1) is 8.45. The van der Waals surface area contributed by atoms with Crippen molar-refractivity contribution < 1.29 is 18.8 Å². The summed E-state index contributed by atoms with van der Waals surface area (Å²) in [5.41, 5.74) is 0.569. The van der Waals surface area contributed by atoms with Crippen LogP contribution in [-0.4, -0.2) is 32.6 Å². The number of methoxy groups -OCH3 is 1. The van der Waals surface area contributed by atoms with Crippen LogP contribution in [0.5, 0.6) is 5.88 Å². The Hall–Kier alpha value is -1.43. The maximum Gasteiger partial charge on any atom is 0.319 e. The van der Waals surface area contributed by atoms with E-state index in [1.165, 1.54) is 7.11 Å². The summed E-state index contributed by atoms with van der Waals surface area (Å²) in [6.45, 7) is 3.49. The van der Waals surface area contributed by atoms with Gasteiger partial charge in [0.15, 0.2) is 0 Å². The highest BCUT2D eigenvalue weighted by molar-refractivity contribution is 7.85. The molecular weight excluding hydrogens is 254 g/mol. The van der Waals surface area contributed by atoms with Crippen molar-refractivity contribution in [2.45, 2.75) is 24.9 Å². The lowest BCUT2D eigenvalue weighted by Gasteiger charge is -2.15. The molecule has 100 valence electrons. The summed E-state index contributed by atoms with van der Waals surface area (Å²) >= 11 is 0. The Morgan fingerprint density at radius 2 is 2.17 bits per heavy atom. The van der Waals surface area contributed by atoms with E-state index in [-0.39, 0.29) is 11.7 Å². The summed E-state index contributed by atoms with van der Waals surface area (Å²) in [6.07, 6.45) is 0. The highest BCUT2D eigenvalue weighted by Gasteiger charge is 2.28. The zero-order valence-corrected chi connectivity index (χ0v) is 11.4. The maximum absolute atomic E-state index is 12.0. The summed E-state index contributed by atoms with van der Waals surface area (Å²) in [5, 5.41) is 8.18. The standard InChI is InChI=1S/C12H17NO4S/c1-8(2)11(12(14)15)18(16)7-9-5-4-6-10(13-9)17-3/h4-6,8,11H,7H2,1-3H3,(H,14,15). The lowest BCUT2D eigenvalue weighted by molar-refractivity contribution is -0.137. The molecule has 6 heteroatoms. The Bertz CT molecular complexity index is 447. The molecule has 1 N–H and O–H groups in total. The summed E-state index contributed by atoms with van der Waals surface area (Å²) in [7, 11) is 0.000409. The van der Waals surface area contributed by atoms with E-state index >= 15 is 0 Å². The minimum Gasteiger partial charge on any atom is -0.481 e. The number of aromatic nitrogens is 1. The van der Waals surface area contributed by atoms with Gasteiger partial charge >= 0.3 is 5.97 Å². The quantitative estimate of drug-likeness (QED) is 0.847. The fourth-order valence-electron chi connectivity index (χ4n) is 1.59. The van der Waals surface area contributed by atoms with E-state index in [4.69, 9.17) is 9.84 Å². The van der Waals surface area contributed by atoms with Gasteiger partial charge < -0.3 is 9.84 Å². The molecule has 1 heterocycles. The van der Waals surface area contributed by atoms with Crippen LogP contribution in [0, 0.1) is 5.92 Å². The van der Waals surface area contributed by atoms with E-state index in [0.717, 1.165) is 0 Å². The number of aliphatic carboxylic acids is 1. The van der Waals surface area contributed by atoms with Crippen molar-refractivity contribution in [3.05, 3.63) is 23.9 Å². The molecule has 0 bridgehead atoms. The third-order valence-corrected chi connectivity index (χ3v) is 4.31. The first-order valence-electron chi connectivity index (χ1n) is 5.55. The Balaban J connectivity index is 2.82. The molecule has 5 nitrogen and oxygen atoms in total. The molecule has 0 aromatic carbocycles. The molecule has 1 aromatic heterocycles. The number of carboxylic acid groups (broad SMARTS) is 1. The molecule has 1 aromatic rings. The van der Waals surface area contributed by atoms with E-state index in [1.54, 1.807) is 32.0 Å². The molecule has 18 heavy (non-hydrogen) atoms. The monoisotopic (exact) mass is 271 g/mol.